The molecule has 0 spiro atoms. The minimum atomic E-state index is -3.82. The Bertz CT molecular complexity index is 464. The van der Waals surface area contributed by atoms with Crippen molar-refractivity contribution < 1.29 is 18.6 Å². The highest BCUT2D eigenvalue weighted by molar-refractivity contribution is 7.89. The van der Waals surface area contributed by atoms with Crippen LogP contribution in [0.25, 0.3) is 0 Å². The molecule has 1 rings (SSSR count). The van der Waals surface area contributed by atoms with E-state index < -0.39 is 28.8 Å². The van der Waals surface area contributed by atoms with E-state index in [9.17, 15) is 8.42 Å². The van der Waals surface area contributed by atoms with Gasteiger partial charge in [0.1, 0.15) is 5.82 Å². The number of nitrogens with one attached hydrogen (secondary N) is 2. The van der Waals surface area contributed by atoms with E-state index in [0.717, 1.165) is 0 Å². The number of aliphatic hydroxyl groups is 2. The van der Waals surface area contributed by atoms with E-state index in [0.29, 0.717) is 12.2 Å². The number of sulfonamides is 1. The summed E-state index contributed by atoms with van der Waals surface area (Å²) in [6.45, 7) is 2.24. The molecule has 0 aliphatic carbocycles. The van der Waals surface area contributed by atoms with Gasteiger partial charge >= 0.3 is 0 Å². The molecule has 1 aromatic rings. The second-order valence-corrected chi connectivity index (χ2v) is 5.68. The monoisotopic (exact) mass is 263 g/mol. The van der Waals surface area contributed by atoms with Gasteiger partial charge in [0, 0.05) is 6.42 Å². The molecule has 1 aromatic heterocycles. The lowest BCUT2D eigenvalue weighted by atomic mass is 10.1. The first-order valence-electron chi connectivity index (χ1n) is 5.16. The first kappa shape index (κ1) is 14.1. The largest absolute Gasteiger partial charge is 0.394 e. The molecule has 0 saturated carbocycles. The third kappa shape index (κ3) is 3.25. The summed E-state index contributed by atoms with van der Waals surface area (Å²) < 4.78 is 26.0. The van der Waals surface area contributed by atoms with Crippen molar-refractivity contribution in [3.8, 4) is 0 Å². The average molecular weight is 263 g/mol. The van der Waals surface area contributed by atoms with Crippen LogP contribution in [0.3, 0.4) is 0 Å². The van der Waals surface area contributed by atoms with E-state index in [1.807, 2.05) is 6.92 Å². The van der Waals surface area contributed by atoms with Crippen LogP contribution in [0.5, 0.6) is 0 Å². The highest BCUT2D eigenvalue weighted by Gasteiger charge is 2.30. The maximum absolute atomic E-state index is 11.9. The van der Waals surface area contributed by atoms with Crippen molar-refractivity contribution in [2.45, 2.75) is 30.8 Å². The normalized spacial score (nSPS) is 12.9. The molecule has 0 fully saturated rings. The molecular formula is C9H17N3O4S. The zero-order valence-electron chi connectivity index (χ0n) is 9.77. The maximum atomic E-state index is 11.9. The Morgan fingerprint density at radius 3 is 2.47 bits per heavy atom. The molecule has 17 heavy (non-hydrogen) atoms. The van der Waals surface area contributed by atoms with Crippen LogP contribution in [0.2, 0.25) is 0 Å². The Morgan fingerprint density at radius 1 is 1.47 bits per heavy atom. The third-order valence-corrected chi connectivity index (χ3v) is 3.86. The summed E-state index contributed by atoms with van der Waals surface area (Å²) in [5.41, 5.74) is -1.30. The Labute approximate surface area is 99.9 Å². The quantitative estimate of drug-likeness (QED) is 0.525. The number of aromatic nitrogens is 2. The lowest BCUT2D eigenvalue weighted by Gasteiger charge is -2.25. The van der Waals surface area contributed by atoms with E-state index >= 15 is 0 Å². The summed E-state index contributed by atoms with van der Waals surface area (Å²) in [5, 5.41) is 18.0. The van der Waals surface area contributed by atoms with Crippen LogP contribution in [0.15, 0.2) is 11.2 Å². The Morgan fingerprint density at radius 2 is 2.06 bits per heavy atom. The van der Waals surface area contributed by atoms with Gasteiger partial charge in [-0.15, -0.1) is 0 Å². The summed E-state index contributed by atoms with van der Waals surface area (Å²) in [6, 6.07) is 0. The molecule has 0 unspecified atom stereocenters. The summed E-state index contributed by atoms with van der Waals surface area (Å²) >= 11 is 0. The molecule has 0 aliphatic heterocycles. The van der Waals surface area contributed by atoms with Crippen LogP contribution in [-0.4, -0.2) is 47.4 Å². The maximum Gasteiger partial charge on any atom is 0.258 e. The van der Waals surface area contributed by atoms with Gasteiger partial charge in [0.2, 0.25) is 0 Å². The third-order valence-electron chi connectivity index (χ3n) is 2.31. The van der Waals surface area contributed by atoms with Crippen LogP contribution >= 0.6 is 0 Å². The van der Waals surface area contributed by atoms with E-state index in [1.54, 1.807) is 0 Å². The molecule has 1 heterocycles. The number of hydrogen-bond donors (Lipinski definition) is 4. The van der Waals surface area contributed by atoms with Gasteiger partial charge in [-0.2, -0.15) is 4.72 Å². The zero-order valence-corrected chi connectivity index (χ0v) is 10.6. The number of aryl methyl sites for hydroxylation is 1. The number of rotatable bonds is 6. The lowest BCUT2D eigenvalue weighted by molar-refractivity contribution is 0.121. The predicted molar refractivity (Wildman–Crippen MR) is 60.9 cm³/mol. The van der Waals surface area contributed by atoms with Crippen molar-refractivity contribution in [3.63, 3.8) is 0 Å². The average Bonchev–Trinajstić information content (AvgIpc) is 2.77. The highest BCUT2D eigenvalue weighted by atomic mass is 32.2. The molecule has 0 aliphatic rings. The van der Waals surface area contributed by atoms with Gasteiger partial charge < -0.3 is 15.2 Å². The van der Waals surface area contributed by atoms with Gasteiger partial charge in [-0.1, -0.05) is 6.92 Å². The van der Waals surface area contributed by atoms with Gasteiger partial charge in [0.05, 0.1) is 24.9 Å². The van der Waals surface area contributed by atoms with E-state index in [2.05, 4.69) is 14.7 Å². The predicted octanol–water partition coefficient (Wildman–Crippen LogP) is -1.01. The Kier molecular flexibility index (Phi) is 4.26. The standard InChI is InChI=1S/C9H17N3O4S/c1-3-7-10-4-8(11-7)17(15,16)12-9(2,5-13)6-14/h4,12-14H,3,5-6H2,1-2H3,(H,10,11). The van der Waals surface area contributed by atoms with Crippen molar-refractivity contribution in [2.75, 3.05) is 13.2 Å². The molecule has 0 atom stereocenters. The van der Waals surface area contributed by atoms with Crippen molar-refractivity contribution in [1.29, 1.82) is 0 Å². The van der Waals surface area contributed by atoms with Gasteiger partial charge in [-0.3, -0.25) is 0 Å². The summed E-state index contributed by atoms with van der Waals surface area (Å²) in [7, 11) is -3.82. The molecular weight excluding hydrogens is 246 g/mol. The van der Waals surface area contributed by atoms with Crippen molar-refractivity contribution in [2.24, 2.45) is 0 Å². The van der Waals surface area contributed by atoms with E-state index in [4.69, 9.17) is 10.2 Å². The molecule has 0 bridgehead atoms. The van der Waals surface area contributed by atoms with Crippen LogP contribution in [0.1, 0.15) is 19.7 Å². The zero-order chi connectivity index (χ0) is 13.1. The minimum Gasteiger partial charge on any atom is -0.394 e. The van der Waals surface area contributed by atoms with Crippen LogP contribution in [0, 0.1) is 0 Å². The first-order valence-corrected chi connectivity index (χ1v) is 6.65. The minimum absolute atomic E-state index is 0.0810. The SMILES string of the molecule is CCc1ncc(S(=O)(=O)NC(C)(CO)CO)[nH]1. The van der Waals surface area contributed by atoms with Crippen LogP contribution in [0.4, 0.5) is 0 Å². The molecule has 7 nitrogen and oxygen atoms in total. The summed E-state index contributed by atoms with van der Waals surface area (Å²) in [4.78, 5) is 6.53. The second-order valence-electron chi connectivity index (χ2n) is 4.03. The van der Waals surface area contributed by atoms with Crippen molar-refractivity contribution in [3.05, 3.63) is 12.0 Å². The fraction of sp³-hybridized carbons (Fsp3) is 0.667. The molecule has 0 aromatic carbocycles. The number of aliphatic hydroxyl groups excluding tert-OH is 2. The second kappa shape index (κ2) is 5.13. The van der Waals surface area contributed by atoms with Crippen LogP contribution < -0.4 is 4.72 Å². The molecule has 0 saturated heterocycles. The van der Waals surface area contributed by atoms with Gasteiger partial charge in [0.15, 0.2) is 5.03 Å². The Balaban J connectivity index is 2.96. The molecule has 8 heteroatoms. The number of imidazole rings is 1. The van der Waals surface area contributed by atoms with Crippen molar-refractivity contribution in [1.82, 2.24) is 14.7 Å². The topological polar surface area (TPSA) is 115 Å². The van der Waals surface area contributed by atoms with E-state index in [1.165, 1.54) is 13.1 Å². The van der Waals surface area contributed by atoms with Gasteiger partial charge in [0.25, 0.3) is 10.0 Å². The fourth-order valence-corrected chi connectivity index (χ4v) is 2.48. The number of aromatic amines is 1. The molecule has 0 radical (unpaired) electrons. The van der Waals surface area contributed by atoms with Crippen molar-refractivity contribution >= 4 is 10.0 Å². The molecule has 0 amide bonds. The fourth-order valence-electron chi connectivity index (χ4n) is 1.15. The summed E-state index contributed by atoms with van der Waals surface area (Å²) in [5.74, 6) is 0.556. The van der Waals surface area contributed by atoms with Gasteiger partial charge in [-0.05, 0) is 6.92 Å². The smallest absolute Gasteiger partial charge is 0.258 e. The number of H-pyrrole nitrogens is 1. The number of hydrogen-bond acceptors (Lipinski definition) is 5. The first-order chi connectivity index (χ1) is 7.87. The van der Waals surface area contributed by atoms with Gasteiger partial charge in [-0.25, -0.2) is 13.4 Å². The lowest BCUT2D eigenvalue weighted by Crippen LogP contribution is -2.51. The number of nitrogens with zero attached hydrogens (tertiary/aromatic N) is 1. The van der Waals surface area contributed by atoms with Crippen LogP contribution in [-0.2, 0) is 16.4 Å². The Hall–Kier alpha value is -0.960. The molecule has 98 valence electrons. The molecule has 4 N–H and O–H groups in total. The van der Waals surface area contributed by atoms with E-state index in [-0.39, 0.29) is 5.03 Å². The highest BCUT2D eigenvalue weighted by Crippen LogP contribution is 2.11. The summed E-state index contributed by atoms with van der Waals surface area (Å²) in [6.07, 6.45) is 1.79.